The van der Waals surface area contributed by atoms with Gasteiger partial charge >= 0.3 is 0 Å². The van der Waals surface area contributed by atoms with Crippen LogP contribution in [0.1, 0.15) is 10.4 Å². The third-order valence-corrected chi connectivity index (χ3v) is 4.04. The molecule has 0 spiro atoms. The molecule has 6 heteroatoms. The van der Waals surface area contributed by atoms with E-state index < -0.39 is 0 Å². The fourth-order valence-electron chi connectivity index (χ4n) is 1.47. The van der Waals surface area contributed by atoms with E-state index in [1.807, 2.05) is 12.1 Å². The van der Waals surface area contributed by atoms with Gasteiger partial charge < -0.3 is 5.32 Å². The van der Waals surface area contributed by atoms with Crippen molar-refractivity contribution in [2.75, 3.05) is 5.32 Å². The molecule has 2 aromatic carbocycles. The largest absolute Gasteiger partial charge is 0.321 e. The van der Waals surface area contributed by atoms with Crippen molar-refractivity contribution in [1.29, 1.82) is 0 Å². The van der Waals surface area contributed by atoms with Crippen molar-refractivity contribution in [3.8, 4) is 0 Å². The van der Waals surface area contributed by atoms with Crippen molar-refractivity contribution in [1.82, 2.24) is 0 Å². The van der Waals surface area contributed by atoms with E-state index in [1.165, 1.54) is 0 Å². The molecule has 0 aromatic heterocycles. The van der Waals surface area contributed by atoms with Crippen LogP contribution in [0.4, 0.5) is 5.69 Å². The van der Waals surface area contributed by atoms with E-state index in [4.69, 9.17) is 11.6 Å². The number of nitrogens with one attached hydrogen (secondary N) is 1. The third kappa shape index (κ3) is 4.05. The topological polar surface area (TPSA) is 29.1 Å². The summed E-state index contributed by atoms with van der Waals surface area (Å²) in [4.78, 5) is 12.2. The molecule has 0 aliphatic carbocycles. The highest BCUT2D eigenvalue weighted by molar-refractivity contribution is 9.11. The van der Waals surface area contributed by atoms with E-state index >= 15 is 0 Å². The SMILES string of the molecule is O=C(Nc1cc(Br)ccc1Cl)c1cc(Br)cc(Br)c1. The summed E-state index contributed by atoms with van der Waals surface area (Å²) in [6.07, 6.45) is 0. The van der Waals surface area contributed by atoms with Gasteiger partial charge in [0.25, 0.3) is 5.91 Å². The Balaban J connectivity index is 2.28. The van der Waals surface area contributed by atoms with E-state index in [-0.39, 0.29) is 5.91 Å². The minimum Gasteiger partial charge on any atom is -0.321 e. The molecule has 98 valence electrons. The van der Waals surface area contributed by atoms with Crippen molar-refractivity contribution in [3.05, 3.63) is 60.4 Å². The highest BCUT2D eigenvalue weighted by Crippen LogP contribution is 2.27. The van der Waals surface area contributed by atoms with Gasteiger partial charge in [-0.3, -0.25) is 4.79 Å². The highest BCUT2D eigenvalue weighted by atomic mass is 79.9. The number of amides is 1. The van der Waals surface area contributed by atoms with E-state index in [0.29, 0.717) is 16.3 Å². The molecule has 1 N–H and O–H groups in total. The number of benzene rings is 2. The second kappa shape index (κ2) is 6.39. The molecule has 0 saturated carbocycles. The first-order chi connectivity index (χ1) is 8.95. The van der Waals surface area contributed by atoms with Crippen LogP contribution in [0.2, 0.25) is 5.02 Å². The van der Waals surface area contributed by atoms with Crippen molar-refractivity contribution in [3.63, 3.8) is 0 Å². The number of rotatable bonds is 2. The first kappa shape index (κ1) is 15.0. The summed E-state index contributed by atoms with van der Waals surface area (Å²) < 4.78 is 2.50. The molecule has 19 heavy (non-hydrogen) atoms. The maximum Gasteiger partial charge on any atom is 0.255 e. The Morgan fingerprint density at radius 3 is 2.21 bits per heavy atom. The summed E-state index contributed by atoms with van der Waals surface area (Å²) in [5.41, 5.74) is 1.11. The summed E-state index contributed by atoms with van der Waals surface area (Å²) in [6.45, 7) is 0. The lowest BCUT2D eigenvalue weighted by Crippen LogP contribution is -2.12. The lowest BCUT2D eigenvalue weighted by Gasteiger charge is -2.08. The lowest BCUT2D eigenvalue weighted by atomic mass is 10.2. The summed E-state index contributed by atoms with van der Waals surface area (Å²) >= 11 is 16.1. The van der Waals surface area contributed by atoms with Gasteiger partial charge in [0.1, 0.15) is 0 Å². The Morgan fingerprint density at radius 1 is 0.947 bits per heavy atom. The lowest BCUT2D eigenvalue weighted by molar-refractivity contribution is 0.102. The van der Waals surface area contributed by atoms with Gasteiger partial charge in [-0.2, -0.15) is 0 Å². The maximum atomic E-state index is 12.2. The number of carbonyl (C=O) groups is 1. The molecule has 0 heterocycles. The quantitative estimate of drug-likeness (QED) is 0.586. The van der Waals surface area contributed by atoms with Gasteiger partial charge in [-0.1, -0.05) is 59.4 Å². The molecule has 0 saturated heterocycles. The van der Waals surface area contributed by atoms with Gasteiger partial charge in [0.2, 0.25) is 0 Å². The fourth-order valence-corrected chi connectivity index (χ4v) is 3.29. The maximum absolute atomic E-state index is 12.2. The number of hydrogen-bond acceptors (Lipinski definition) is 1. The van der Waals surface area contributed by atoms with Crippen molar-refractivity contribution >= 4 is 71.0 Å². The Bertz CT molecular complexity index is 626. The predicted molar refractivity (Wildman–Crippen MR) is 88.9 cm³/mol. The molecule has 0 aliphatic heterocycles. The number of hydrogen-bond donors (Lipinski definition) is 1. The predicted octanol–water partition coefficient (Wildman–Crippen LogP) is 5.88. The smallest absolute Gasteiger partial charge is 0.255 e. The van der Waals surface area contributed by atoms with Crippen molar-refractivity contribution < 1.29 is 4.79 Å². The Kier molecular flexibility index (Phi) is 5.06. The first-order valence-electron chi connectivity index (χ1n) is 5.18. The van der Waals surface area contributed by atoms with Crippen LogP contribution in [0.15, 0.2) is 49.8 Å². The van der Waals surface area contributed by atoms with Gasteiger partial charge in [0, 0.05) is 19.0 Å². The molecule has 2 nitrogen and oxygen atoms in total. The Labute approximate surface area is 140 Å². The Hall–Kier alpha value is -0.360. The van der Waals surface area contributed by atoms with Crippen LogP contribution in [-0.2, 0) is 0 Å². The van der Waals surface area contributed by atoms with Crippen LogP contribution in [0.3, 0.4) is 0 Å². The first-order valence-corrected chi connectivity index (χ1v) is 7.94. The average Bonchev–Trinajstić information content (AvgIpc) is 2.32. The summed E-state index contributed by atoms with van der Waals surface area (Å²) in [7, 11) is 0. The van der Waals surface area contributed by atoms with Crippen LogP contribution >= 0.6 is 59.4 Å². The summed E-state index contributed by atoms with van der Waals surface area (Å²) in [5.74, 6) is -0.220. The second-order valence-corrected chi connectivity index (χ2v) is 6.89. The van der Waals surface area contributed by atoms with Gasteiger partial charge in [0.15, 0.2) is 0 Å². The van der Waals surface area contributed by atoms with Crippen LogP contribution in [0.25, 0.3) is 0 Å². The molecule has 2 aromatic rings. The highest BCUT2D eigenvalue weighted by Gasteiger charge is 2.10. The van der Waals surface area contributed by atoms with E-state index in [0.717, 1.165) is 13.4 Å². The fraction of sp³-hybridized carbons (Fsp3) is 0. The normalized spacial score (nSPS) is 10.3. The van der Waals surface area contributed by atoms with Crippen LogP contribution in [-0.4, -0.2) is 5.91 Å². The molecule has 0 bridgehead atoms. The van der Waals surface area contributed by atoms with Gasteiger partial charge in [-0.15, -0.1) is 0 Å². The molecule has 0 unspecified atom stereocenters. The molecule has 0 radical (unpaired) electrons. The van der Waals surface area contributed by atoms with Crippen LogP contribution < -0.4 is 5.32 Å². The molecule has 0 fully saturated rings. The molecule has 2 rings (SSSR count). The van der Waals surface area contributed by atoms with Crippen molar-refractivity contribution in [2.45, 2.75) is 0 Å². The standard InChI is InChI=1S/C13H7Br3ClNO/c14-8-1-2-11(17)12(6-8)18-13(19)7-3-9(15)5-10(16)4-7/h1-6H,(H,18,19). The Morgan fingerprint density at radius 2 is 1.58 bits per heavy atom. The van der Waals surface area contributed by atoms with E-state index in [2.05, 4.69) is 53.1 Å². The van der Waals surface area contributed by atoms with E-state index in [9.17, 15) is 4.79 Å². The second-order valence-electron chi connectivity index (χ2n) is 3.74. The van der Waals surface area contributed by atoms with Crippen LogP contribution in [0, 0.1) is 0 Å². The minimum absolute atomic E-state index is 0.220. The van der Waals surface area contributed by atoms with Gasteiger partial charge in [-0.05, 0) is 36.4 Å². The van der Waals surface area contributed by atoms with Gasteiger partial charge in [-0.25, -0.2) is 0 Å². The zero-order valence-electron chi connectivity index (χ0n) is 9.38. The van der Waals surface area contributed by atoms with E-state index in [1.54, 1.807) is 24.3 Å². The summed E-state index contributed by atoms with van der Waals surface area (Å²) in [6, 6.07) is 10.6. The zero-order chi connectivity index (χ0) is 14.0. The van der Waals surface area contributed by atoms with Crippen LogP contribution in [0.5, 0.6) is 0 Å². The number of carbonyl (C=O) groups excluding carboxylic acids is 1. The zero-order valence-corrected chi connectivity index (χ0v) is 14.9. The van der Waals surface area contributed by atoms with Crippen molar-refractivity contribution in [2.24, 2.45) is 0 Å². The average molecular weight is 468 g/mol. The molecular formula is C13H7Br3ClNO. The molecule has 1 amide bonds. The minimum atomic E-state index is -0.220. The molecule has 0 aliphatic rings. The number of anilines is 1. The monoisotopic (exact) mass is 465 g/mol. The number of halogens is 4. The van der Waals surface area contributed by atoms with Gasteiger partial charge in [0.05, 0.1) is 10.7 Å². The third-order valence-electron chi connectivity index (χ3n) is 2.30. The summed E-state index contributed by atoms with van der Waals surface area (Å²) in [5, 5.41) is 3.27. The molecule has 0 atom stereocenters. The molecular weight excluding hydrogens is 461 g/mol.